The Morgan fingerprint density at radius 3 is 1.72 bits per heavy atom. The number of fused-ring (bicyclic) bond motifs is 9. The van der Waals surface area contributed by atoms with Gasteiger partial charge >= 0.3 is 0 Å². The van der Waals surface area contributed by atoms with Gasteiger partial charge in [-0.25, -0.2) is 0 Å². The molecule has 0 saturated carbocycles. The fourth-order valence-electron chi connectivity index (χ4n) is 8.87. The van der Waals surface area contributed by atoms with E-state index in [4.69, 9.17) is 5.73 Å². The van der Waals surface area contributed by atoms with Crippen molar-refractivity contribution in [1.82, 2.24) is 9.13 Å². The number of hydrogen-bond donors (Lipinski definition) is 1. The fraction of sp³-hybridized carbons (Fsp3) is 0.0196. The van der Waals surface area contributed by atoms with Gasteiger partial charge in [-0.15, -0.1) is 0 Å². The third-order valence-corrected chi connectivity index (χ3v) is 11.4. The Hall–Kier alpha value is -7.10. The molecular weight excluding hydrogens is 655 g/mol. The predicted molar refractivity (Wildman–Crippen MR) is 228 cm³/mol. The van der Waals surface area contributed by atoms with Gasteiger partial charge in [0.1, 0.15) is 0 Å². The summed E-state index contributed by atoms with van der Waals surface area (Å²) >= 11 is 0. The Morgan fingerprint density at radius 1 is 0.407 bits per heavy atom. The third-order valence-electron chi connectivity index (χ3n) is 11.4. The van der Waals surface area contributed by atoms with E-state index in [1.165, 1.54) is 88.1 Å². The summed E-state index contributed by atoms with van der Waals surface area (Å²) in [7, 11) is 0. The molecule has 0 saturated heterocycles. The highest BCUT2D eigenvalue weighted by molar-refractivity contribution is 6.12. The fourth-order valence-corrected chi connectivity index (χ4v) is 8.87. The minimum absolute atomic E-state index is 0.735. The molecule has 2 aromatic heterocycles. The van der Waals surface area contributed by atoms with Gasteiger partial charge in [0.25, 0.3) is 0 Å². The van der Waals surface area contributed by atoms with E-state index in [1.54, 1.807) is 0 Å². The lowest BCUT2D eigenvalue weighted by Crippen LogP contribution is -1.97. The van der Waals surface area contributed by atoms with Crippen LogP contribution in [-0.4, -0.2) is 9.13 Å². The van der Waals surface area contributed by atoms with Crippen LogP contribution in [0.5, 0.6) is 0 Å². The van der Waals surface area contributed by atoms with Crippen LogP contribution in [0.1, 0.15) is 11.1 Å². The van der Waals surface area contributed by atoms with E-state index in [0.29, 0.717) is 0 Å². The molecule has 1 aliphatic carbocycles. The van der Waals surface area contributed by atoms with Crippen LogP contribution < -0.4 is 5.73 Å². The molecule has 0 aliphatic heterocycles. The number of nitrogens with zero attached hydrogens (tertiary/aromatic N) is 2. The van der Waals surface area contributed by atoms with E-state index in [1.807, 2.05) is 6.07 Å². The van der Waals surface area contributed by atoms with Gasteiger partial charge in [0, 0.05) is 56.1 Å². The number of benzene rings is 8. The van der Waals surface area contributed by atoms with E-state index in [9.17, 15) is 0 Å². The van der Waals surface area contributed by atoms with Crippen LogP contribution in [0.15, 0.2) is 188 Å². The van der Waals surface area contributed by atoms with Crippen molar-refractivity contribution in [3.63, 3.8) is 0 Å². The van der Waals surface area contributed by atoms with Crippen molar-refractivity contribution in [3.05, 3.63) is 199 Å². The van der Waals surface area contributed by atoms with Crippen LogP contribution in [-0.2, 0) is 6.54 Å². The van der Waals surface area contributed by atoms with Crippen molar-refractivity contribution in [2.45, 2.75) is 6.54 Å². The lowest BCUT2D eigenvalue weighted by atomic mass is 10.0. The maximum Gasteiger partial charge on any atom is 0.0541 e. The van der Waals surface area contributed by atoms with Gasteiger partial charge in [-0.1, -0.05) is 133 Å². The lowest BCUT2D eigenvalue weighted by molar-refractivity contribution is 0.900. The van der Waals surface area contributed by atoms with Gasteiger partial charge in [-0.3, -0.25) is 0 Å². The molecule has 8 aromatic carbocycles. The Bertz CT molecular complexity index is 3120. The van der Waals surface area contributed by atoms with Gasteiger partial charge in [-0.2, -0.15) is 0 Å². The molecule has 0 spiro atoms. The second-order valence-electron chi connectivity index (χ2n) is 14.3. The molecular formula is C51H35N3. The number of rotatable bonds is 5. The summed E-state index contributed by atoms with van der Waals surface area (Å²) in [4.78, 5) is 0. The number of hydrogen-bond acceptors (Lipinski definition) is 1. The first-order valence-electron chi connectivity index (χ1n) is 18.6. The molecule has 0 atom stereocenters. The van der Waals surface area contributed by atoms with Gasteiger partial charge < -0.3 is 14.9 Å². The molecule has 0 bridgehead atoms. The van der Waals surface area contributed by atoms with Crippen molar-refractivity contribution >= 4 is 54.9 Å². The molecule has 0 fully saturated rings. The first kappa shape index (κ1) is 30.5. The van der Waals surface area contributed by atoms with Gasteiger partial charge in [0.05, 0.1) is 11.0 Å². The van der Waals surface area contributed by atoms with Gasteiger partial charge in [-0.05, 0) is 99.1 Å². The van der Waals surface area contributed by atoms with Crippen molar-refractivity contribution in [3.8, 4) is 39.1 Å². The van der Waals surface area contributed by atoms with Crippen LogP contribution in [0.4, 0.5) is 5.69 Å². The maximum atomic E-state index is 6.62. The summed E-state index contributed by atoms with van der Waals surface area (Å²) in [6.07, 6.45) is 2.36. The third kappa shape index (κ3) is 4.62. The minimum atomic E-state index is 0.735. The monoisotopic (exact) mass is 689 g/mol. The molecule has 54 heavy (non-hydrogen) atoms. The molecule has 11 rings (SSSR count). The van der Waals surface area contributed by atoms with E-state index < -0.39 is 0 Å². The lowest BCUT2D eigenvalue weighted by Gasteiger charge is -2.10. The van der Waals surface area contributed by atoms with Crippen molar-refractivity contribution in [2.24, 2.45) is 0 Å². The van der Waals surface area contributed by atoms with Crippen LogP contribution in [0.25, 0.3) is 88.3 Å². The number of nitrogen functional groups attached to an aromatic ring is 1. The molecule has 0 radical (unpaired) electrons. The van der Waals surface area contributed by atoms with E-state index in [0.717, 1.165) is 23.5 Å². The largest absolute Gasteiger partial charge is 0.398 e. The summed E-state index contributed by atoms with van der Waals surface area (Å²) < 4.78 is 4.84. The molecule has 2 heterocycles. The number of nitrogens with two attached hydrogens (primary N) is 1. The molecule has 3 nitrogen and oxygen atoms in total. The maximum absolute atomic E-state index is 6.62. The zero-order valence-electron chi connectivity index (χ0n) is 29.6. The minimum Gasteiger partial charge on any atom is -0.398 e. The quantitative estimate of drug-likeness (QED) is 0.179. The second-order valence-corrected chi connectivity index (χ2v) is 14.3. The van der Waals surface area contributed by atoms with Crippen molar-refractivity contribution < 1.29 is 0 Å². The Kier molecular flexibility index (Phi) is 6.77. The standard InChI is InChI=1S/C51H35N3/c52-46-18-10-17-42-38-13-4-5-14-39(38)43(51(42)46)29-30-53-47-19-8-6-15-40(47)44-31-35(23-27-48(44)53)36-24-28-50-45(32-36)41-16-7-9-20-49(41)54(50)37-25-21-34(22-26-37)33-11-2-1-3-12-33/h1-29,31-32H,30,52H2/b43-29-. The highest BCUT2D eigenvalue weighted by Crippen LogP contribution is 2.47. The van der Waals surface area contributed by atoms with Crippen LogP contribution in [0.3, 0.4) is 0 Å². The highest BCUT2D eigenvalue weighted by Gasteiger charge is 2.25. The average Bonchev–Trinajstić information content (AvgIpc) is 3.86. The van der Waals surface area contributed by atoms with Crippen molar-refractivity contribution in [1.29, 1.82) is 0 Å². The van der Waals surface area contributed by atoms with Crippen molar-refractivity contribution in [2.75, 3.05) is 5.73 Å². The highest BCUT2D eigenvalue weighted by atomic mass is 15.0. The van der Waals surface area contributed by atoms with Crippen LogP contribution in [0.2, 0.25) is 0 Å². The smallest absolute Gasteiger partial charge is 0.0541 e. The van der Waals surface area contributed by atoms with Gasteiger partial charge in [0.15, 0.2) is 0 Å². The molecule has 1 aliphatic rings. The number of allylic oxidation sites excluding steroid dienone is 1. The van der Waals surface area contributed by atoms with Crippen LogP contribution in [0, 0.1) is 0 Å². The van der Waals surface area contributed by atoms with Crippen LogP contribution >= 0.6 is 0 Å². The second kappa shape index (κ2) is 12.0. The molecule has 2 N–H and O–H groups in total. The molecule has 3 heteroatoms. The summed E-state index contributed by atoms with van der Waals surface area (Å²) in [6, 6.07) is 65.8. The Morgan fingerprint density at radius 2 is 0.944 bits per heavy atom. The molecule has 0 amide bonds. The summed E-state index contributed by atoms with van der Waals surface area (Å²) in [6.45, 7) is 0.735. The van der Waals surface area contributed by atoms with E-state index in [2.05, 4.69) is 191 Å². The Balaban J connectivity index is 1.01. The zero-order chi connectivity index (χ0) is 35.8. The van der Waals surface area contributed by atoms with E-state index in [-0.39, 0.29) is 0 Å². The molecule has 0 unspecified atom stereocenters. The topological polar surface area (TPSA) is 35.9 Å². The number of aromatic nitrogens is 2. The Labute approximate surface area is 313 Å². The molecule has 254 valence electrons. The number of anilines is 1. The zero-order valence-corrected chi connectivity index (χ0v) is 29.6. The molecule has 10 aromatic rings. The summed E-state index contributed by atoms with van der Waals surface area (Å²) in [5.41, 5.74) is 24.4. The van der Waals surface area contributed by atoms with Gasteiger partial charge in [0.2, 0.25) is 0 Å². The summed E-state index contributed by atoms with van der Waals surface area (Å²) in [5, 5.41) is 5.02. The SMILES string of the molecule is Nc1cccc2c1/C(=C\Cn1c3ccccc3c3cc(-c4ccc5c(c4)c4ccccc4n5-c4ccc(-c5ccccc5)cc4)ccc31)c1ccccc1-2. The number of para-hydroxylation sites is 2. The first-order valence-corrected chi connectivity index (χ1v) is 18.6. The van der Waals surface area contributed by atoms with E-state index >= 15 is 0 Å². The normalized spacial score (nSPS) is 13.0. The average molecular weight is 690 g/mol. The predicted octanol–water partition coefficient (Wildman–Crippen LogP) is 12.9. The summed E-state index contributed by atoms with van der Waals surface area (Å²) in [5.74, 6) is 0. The first-order chi connectivity index (χ1) is 26.7.